The second-order valence-electron chi connectivity index (χ2n) is 8.46. The van der Waals surface area contributed by atoms with E-state index in [1.54, 1.807) is 0 Å². The van der Waals surface area contributed by atoms with E-state index in [4.69, 9.17) is 0 Å². The topological polar surface area (TPSA) is 0 Å². The molecule has 5 unspecified atom stereocenters. The van der Waals surface area contributed by atoms with Gasteiger partial charge in [-0.15, -0.1) is 0 Å². The van der Waals surface area contributed by atoms with E-state index >= 15 is 0 Å². The molecule has 1 aliphatic rings. The van der Waals surface area contributed by atoms with E-state index in [1.807, 2.05) is 0 Å². The Morgan fingerprint density at radius 1 is 1.00 bits per heavy atom. The van der Waals surface area contributed by atoms with Gasteiger partial charge in [0, 0.05) is 0 Å². The van der Waals surface area contributed by atoms with Gasteiger partial charge in [0.2, 0.25) is 0 Å². The van der Waals surface area contributed by atoms with Crippen molar-refractivity contribution in [3.8, 4) is 0 Å². The summed E-state index contributed by atoms with van der Waals surface area (Å²) in [4.78, 5) is 0. The van der Waals surface area contributed by atoms with Crippen molar-refractivity contribution in [1.82, 2.24) is 0 Å². The first kappa shape index (κ1) is 18.1. The Morgan fingerprint density at radius 3 is 1.90 bits per heavy atom. The molecule has 0 aliphatic heterocycles. The molecule has 20 heavy (non-hydrogen) atoms. The van der Waals surface area contributed by atoms with E-state index in [-0.39, 0.29) is 0 Å². The standard InChI is InChI=1S/C20H40/c1-10-12-13-16(7)20(15(5)6)18(14(3)4)17(8)19(20,9)11-2/h14-18H,10-13H2,1-9H3. The first-order chi connectivity index (χ1) is 9.21. The van der Waals surface area contributed by atoms with Gasteiger partial charge >= 0.3 is 0 Å². The molecule has 1 saturated carbocycles. The number of rotatable bonds is 7. The highest BCUT2D eigenvalue weighted by Gasteiger charge is 2.69. The van der Waals surface area contributed by atoms with Crippen LogP contribution in [0, 0.1) is 40.4 Å². The molecule has 0 spiro atoms. The Bertz CT molecular complexity index is 303. The van der Waals surface area contributed by atoms with Crippen molar-refractivity contribution in [2.45, 2.75) is 88.0 Å². The van der Waals surface area contributed by atoms with E-state index < -0.39 is 0 Å². The molecule has 120 valence electrons. The molecule has 1 aliphatic carbocycles. The average Bonchev–Trinajstić information content (AvgIpc) is 2.38. The second-order valence-corrected chi connectivity index (χ2v) is 8.46. The SMILES string of the molecule is CCCCC(C)C1(C(C)C)C(C(C)C)C(C)C1(C)CC. The van der Waals surface area contributed by atoms with E-state index in [1.165, 1.54) is 25.7 Å². The number of unbranched alkanes of at least 4 members (excludes halogenated alkanes) is 1. The quantitative estimate of drug-likeness (QED) is 0.481. The van der Waals surface area contributed by atoms with Crippen LogP contribution in [0.25, 0.3) is 0 Å². The predicted molar refractivity (Wildman–Crippen MR) is 91.9 cm³/mol. The third-order valence-corrected chi connectivity index (χ3v) is 7.30. The van der Waals surface area contributed by atoms with Crippen molar-refractivity contribution in [2.24, 2.45) is 40.4 Å². The minimum absolute atomic E-state index is 0.531. The molecule has 0 saturated heterocycles. The van der Waals surface area contributed by atoms with Gasteiger partial charge in [0.1, 0.15) is 0 Å². The summed E-state index contributed by atoms with van der Waals surface area (Å²) in [5.74, 6) is 4.24. The lowest BCUT2D eigenvalue weighted by molar-refractivity contribution is -0.266. The summed E-state index contributed by atoms with van der Waals surface area (Å²) < 4.78 is 0. The molecule has 0 bridgehead atoms. The zero-order valence-corrected chi connectivity index (χ0v) is 15.7. The summed E-state index contributed by atoms with van der Waals surface area (Å²) in [6.45, 7) is 22.4. The minimum Gasteiger partial charge on any atom is -0.0654 e. The normalized spacial score (nSPS) is 39.1. The van der Waals surface area contributed by atoms with Gasteiger partial charge in [0.25, 0.3) is 0 Å². The van der Waals surface area contributed by atoms with Crippen LogP contribution in [-0.4, -0.2) is 0 Å². The van der Waals surface area contributed by atoms with Gasteiger partial charge < -0.3 is 0 Å². The summed E-state index contributed by atoms with van der Waals surface area (Å²) in [5, 5.41) is 0. The van der Waals surface area contributed by atoms with Gasteiger partial charge in [0.05, 0.1) is 0 Å². The van der Waals surface area contributed by atoms with Crippen molar-refractivity contribution >= 4 is 0 Å². The van der Waals surface area contributed by atoms with Crippen LogP contribution in [0.4, 0.5) is 0 Å². The van der Waals surface area contributed by atoms with Crippen LogP contribution in [0.1, 0.15) is 88.0 Å². The van der Waals surface area contributed by atoms with E-state index in [9.17, 15) is 0 Å². The smallest absolute Gasteiger partial charge is 0.0159 e. The molecule has 0 nitrogen and oxygen atoms in total. The van der Waals surface area contributed by atoms with E-state index in [2.05, 4.69) is 62.3 Å². The first-order valence-electron chi connectivity index (χ1n) is 9.21. The molecule has 0 heterocycles. The Balaban J connectivity index is 3.23. The highest BCUT2D eigenvalue weighted by Crippen LogP contribution is 2.74. The van der Waals surface area contributed by atoms with Crippen molar-refractivity contribution in [3.05, 3.63) is 0 Å². The summed E-state index contributed by atoms with van der Waals surface area (Å²) in [5.41, 5.74) is 1.08. The largest absolute Gasteiger partial charge is 0.0654 e. The number of hydrogen-bond donors (Lipinski definition) is 0. The highest BCUT2D eigenvalue weighted by atomic mass is 14.7. The van der Waals surface area contributed by atoms with Crippen molar-refractivity contribution in [2.75, 3.05) is 0 Å². The van der Waals surface area contributed by atoms with Gasteiger partial charge in [-0.1, -0.05) is 81.6 Å². The monoisotopic (exact) mass is 280 g/mol. The summed E-state index contributed by atoms with van der Waals surface area (Å²) in [6.07, 6.45) is 5.49. The van der Waals surface area contributed by atoms with Crippen LogP contribution in [0.15, 0.2) is 0 Å². The van der Waals surface area contributed by atoms with Gasteiger partial charge in [0.15, 0.2) is 0 Å². The van der Waals surface area contributed by atoms with E-state index in [0.717, 1.165) is 29.6 Å². The molecule has 0 aromatic heterocycles. The van der Waals surface area contributed by atoms with Crippen LogP contribution in [0.5, 0.6) is 0 Å². The number of hydrogen-bond acceptors (Lipinski definition) is 0. The van der Waals surface area contributed by atoms with Gasteiger partial charge in [-0.05, 0) is 46.8 Å². The van der Waals surface area contributed by atoms with Crippen LogP contribution < -0.4 is 0 Å². The van der Waals surface area contributed by atoms with Crippen LogP contribution >= 0.6 is 0 Å². The lowest BCUT2D eigenvalue weighted by atomic mass is 9.30. The summed E-state index contributed by atoms with van der Waals surface area (Å²) in [6, 6.07) is 0. The van der Waals surface area contributed by atoms with Crippen molar-refractivity contribution in [3.63, 3.8) is 0 Å². The fourth-order valence-corrected chi connectivity index (χ4v) is 6.50. The molecule has 0 N–H and O–H groups in total. The van der Waals surface area contributed by atoms with Gasteiger partial charge in [-0.25, -0.2) is 0 Å². The molecule has 5 atom stereocenters. The molecular formula is C20H40. The summed E-state index contributed by atoms with van der Waals surface area (Å²) in [7, 11) is 0. The molecular weight excluding hydrogens is 240 g/mol. The second kappa shape index (κ2) is 6.41. The molecule has 0 radical (unpaired) electrons. The third-order valence-electron chi connectivity index (χ3n) is 7.30. The molecule has 0 aromatic rings. The lowest BCUT2D eigenvalue weighted by Crippen LogP contribution is -2.69. The Labute approximate surface area is 129 Å². The molecule has 1 fully saturated rings. The first-order valence-corrected chi connectivity index (χ1v) is 9.21. The molecule has 0 heteroatoms. The maximum Gasteiger partial charge on any atom is -0.0159 e. The third kappa shape index (κ3) is 2.26. The van der Waals surface area contributed by atoms with Gasteiger partial charge in [-0.3, -0.25) is 0 Å². The van der Waals surface area contributed by atoms with Gasteiger partial charge in [-0.2, -0.15) is 0 Å². The zero-order valence-electron chi connectivity index (χ0n) is 15.7. The predicted octanol–water partition coefficient (Wildman–Crippen LogP) is 6.79. The Kier molecular flexibility index (Phi) is 5.78. The Morgan fingerprint density at radius 2 is 1.55 bits per heavy atom. The minimum atomic E-state index is 0.531. The highest BCUT2D eigenvalue weighted by molar-refractivity contribution is 5.16. The maximum absolute atomic E-state index is 2.60. The van der Waals surface area contributed by atoms with E-state index in [0.29, 0.717) is 10.8 Å². The molecule has 0 amide bonds. The molecule has 1 rings (SSSR count). The van der Waals surface area contributed by atoms with Crippen LogP contribution in [0.2, 0.25) is 0 Å². The Hall–Kier alpha value is 0. The van der Waals surface area contributed by atoms with Crippen LogP contribution in [0.3, 0.4) is 0 Å². The lowest BCUT2D eigenvalue weighted by Gasteiger charge is -2.74. The maximum atomic E-state index is 2.60. The fraction of sp³-hybridized carbons (Fsp3) is 1.00. The fourth-order valence-electron chi connectivity index (χ4n) is 6.50. The van der Waals surface area contributed by atoms with Crippen LogP contribution in [-0.2, 0) is 0 Å². The molecule has 0 aromatic carbocycles. The summed E-state index contributed by atoms with van der Waals surface area (Å²) >= 11 is 0. The van der Waals surface area contributed by atoms with Crippen molar-refractivity contribution in [1.29, 1.82) is 0 Å². The average molecular weight is 281 g/mol. The van der Waals surface area contributed by atoms with Crippen molar-refractivity contribution < 1.29 is 0 Å². The zero-order chi connectivity index (χ0) is 15.7.